The SMILES string of the molecule is Cn1cc(Nc2ccc(C(N)=S)c3ccccc23)cn1. The Morgan fingerprint density at radius 1 is 1.20 bits per heavy atom. The van der Waals surface area contributed by atoms with Gasteiger partial charge in [0.05, 0.1) is 11.9 Å². The van der Waals surface area contributed by atoms with Crippen LogP contribution in [0.2, 0.25) is 0 Å². The third-order valence-electron chi connectivity index (χ3n) is 3.17. The molecule has 0 aliphatic heterocycles. The number of anilines is 2. The van der Waals surface area contributed by atoms with Gasteiger partial charge in [0.15, 0.2) is 0 Å². The number of nitrogens with one attached hydrogen (secondary N) is 1. The normalized spacial score (nSPS) is 10.7. The van der Waals surface area contributed by atoms with Crippen LogP contribution in [-0.4, -0.2) is 14.8 Å². The van der Waals surface area contributed by atoms with Gasteiger partial charge in [-0.2, -0.15) is 5.10 Å². The molecular weight excluding hydrogens is 268 g/mol. The van der Waals surface area contributed by atoms with Crippen LogP contribution in [0.25, 0.3) is 10.8 Å². The second-order valence-corrected chi connectivity index (χ2v) is 5.04. The van der Waals surface area contributed by atoms with Gasteiger partial charge in [0, 0.05) is 29.9 Å². The molecule has 0 fully saturated rings. The number of fused-ring (bicyclic) bond motifs is 1. The number of nitrogens with zero attached hydrogens (tertiary/aromatic N) is 2. The quantitative estimate of drug-likeness (QED) is 0.725. The van der Waals surface area contributed by atoms with E-state index in [-0.39, 0.29) is 0 Å². The van der Waals surface area contributed by atoms with Gasteiger partial charge in [-0.05, 0) is 17.5 Å². The van der Waals surface area contributed by atoms with Gasteiger partial charge in [-0.1, -0.05) is 36.5 Å². The topological polar surface area (TPSA) is 55.9 Å². The number of rotatable bonds is 3. The number of hydrogen-bond donors (Lipinski definition) is 2. The standard InChI is InChI=1S/C15H14N4S/c1-19-9-10(8-17-19)18-14-7-6-13(15(16)20)11-4-2-3-5-12(11)14/h2-9,18H,1H3,(H2,16,20). The molecule has 100 valence electrons. The Balaban J connectivity index is 2.12. The van der Waals surface area contributed by atoms with E-state index in [1.54, 1.807) is 10.9 Å². The van der Waals surface area contributed by atoms with Crippen molar-refractivity contribution in [3.05, 3.63) is 54.4 Å². The minimum absolute atomic E-state index is 0.411. The van der Waals surface area contributed by atoms with Crippen molar-refractivity contribution in [3.63, 3.8) is 0 Å². The fourth-order valence-corrected chi connectivity index (χ4v) is 2.44. The lowest BCUT2D eigenvalue weighted by atomic mass is 10.0. The first-order valence-electron chi connectivity index (χ1n) is 6.22. The van der Waals surface area contributed by atoms with Crippen LogP contribution < -0.4 is 11.1 Å². The maximum Gasteiger partial charge on any atom is 0.104 e. The Morgan fingerprint density at radius 2 is 1.95 bits per heavy atom. The summed E-state index contributed by atoms with van der Waals surface area (Å²) in [5.74, 6) is 0. The highest BCUT2D eigenvalue weighted by molar-refractivity contribution is 7.80. The van der Waals surface area contributed by atoms with Crippen LogP contribution in [0.3, 0.4) is 0 Å². The highest BCUT2D eigenvalue weighted by Crippen LogP contribution is 2.28. The molecule has 0 saturated carbocycles. The monoisotopic (exact) mass is 282 g/mol. The molecule has 0 saturated heterocycles. The molecule has 0 aliphatic rings. The van der Waals surface area contributed by atoms with E-state index in [0.717, 1.165) is 27.7 Å². The van der Waals surface area contributed by atoms with E-state index in [4.69, 9.17) is 18.0 Å². The number of thiocarbonyl (C=S) groups is 1. The second kappa shape index (κ2) is 4.94. The average Bonchev–Trinajstić information content (AvgIpc) is 2.84. The molecule has 0 atom stereocenters. The minimum Gasteiger partial charge on any atom is -0.389 e. The zero-order chi connectivity index (χ0) is 14.1. The molecule has 1 aromatic heterocycles. The highest BCUT2D eigenvalue weighted by atomic mass is 32.1. The van der Waals surface area contributed by atoms with Crippen molar-refractivity contribution in [1.82, 2.24) is 9.78 Å². The van der Waals surface area contributed by atoms with Gasteiger partial charge in [0.25, 0.3) is 0 Å². The van der Waals surface area contributed by atoms with E-state index in [1.165, 1.54) is 0 Å². The molecule has 3 rings (SSSR count). The molecule has 2 aromatic carbocycles. The number of nitrogens with two attached hydrogens (primary N) is 1. The lowest BCUT2D eigenvalue weighted by molar-refractivity contribution is 0.768. The Hall–Kier alpha value is -2.40. The van der Waals surface area contributed by atoms with Gasteiger partial charge in [0.2, 0.25) is 0 Å². The summed E-state index contributed by atoms with van der Waals surface area (Å²) in [4.78, 5) is 0.411. The van der Waals surface area contributed by atoms with Gasteiger partial charge < -0.3 is 11.1 Å². The van der Waals surface area contributed by atoms with E-state index in [9.17, 15) is 0 Å². The first-order chi connectivity index (χ1) is 9.65. The zero-order valence-electron chi connectivity index (χ0n) is 11.0. The zero-order valence-corrected chi connectivity index (χ0v) is 11.8. The van der Waals surface area contributed by atoms with Crippen molar-refractivity contribution >= 4 is 39.4 Å². The summed E-state index contributed by atoms with van der Waals surface area (Å²) in [6.45, 7) is 0. The first-order valence-corrected chi connectivity index (χ1v) is 6.63. The Labute approximate surface area is 122 Å². The van der Waals surface area contributed by atoms with Crippen molar-refractivity contribution in [2.45, 2.75) is 0 Å². The van der Waals surface area contributed by atoms with Crippen molar-refractivity contribution in [2.24, 2.45) is 12.8 Å². The Kier molecular flexibility index (Phi) is 3.12. The van der Waals surface area contributed by atoms with E-state index in [0.29, 0.717) is 4.99 Å². The first kappa shape index (κ1) is 12.6. The van der Waals surface area contributed by atoms with Crippen LogP contribution in [0.5, 0.6) is 0 Å². The molecule has 0 bridgehead atoms. The largest absolute Gasteiger partial charge is 0.389 e. The fourth-order valence-electron chi connectivity index (χ4n) is 2.26. The third kappa shape index (κ3) is 2.23. The van der Waals surface area contributed by atoms with E-state index in [2.05, 4.69) is 16.5 Å². The molecule has 0 unspecified atom stereocenters. The molecule has 4 nitrogen and oxygen atoms in total. The van der Waals surface area contributed by atoms with Crippen molar-refractivity contribution in [1.29, 1.82) is 0 Å². The molecule has 0 amide bonds. The summed E-state index contributed by atoms with van der Waals surface area (Å²) >= 11 is 5.11. The predicted octanol–water partition coefficient (Wildman–Crippen LogP) is 2.95. The summed E-state index contributed by atoms with van der Waals surface area (Å²) in [5.41, 5.74) is 8.63. The second-order valence-electron chi connectivity index (χ2n) is 4.60. The van der Waals surface area contributed by atoms with Crippen molar-refractivity contribution in [3.8, 4) is 0 Å². The third-order valence-corrected chi connectivity index (χ3v) is 3.39. The van der Waals surface area contributed by atoms with Crippen molar-refractivity contribution in [2.75, 3.05) is 5.32 Å². The van der Waals surface area contributed by atoms with Crippen molar-refractivity contribution < 1.29 is 0 Å². The van der Waals surface area contributed by atoms with Gasteiger partial charge in [0.1, 0.15) is 4.99 Å². The summed E-state index contributed by atoms with van der Waals surface area (Å²) in [6, 6.07) is 12.0. The van der Waals surface area contributed by atoms with E-state index < -0.39 is 0 Å². The number of benzene rings is 2. The molecule has 3 N–H and O–H groups in total. The molecular formula is C15H14N4S. The maximum absolute atomic E-state index is 5.78. The summed E-state index contributed by atoms with van der Waals surface area (Å²) in [5, 5.41) is 9.65. The Morgan fingerprint density at radius 3 is 2.60 bits per heavy atom. The fraction of sp³-hybridized carbons (Fsp3) is 0.0667. The minimum atomic E-state index is 0.411. The number of hydrogen-bond acceptors (Lipinski definition) is 3. The van der Waals surface area contributed by atoms with Crippen LogP contribution in [0, 0.1) is 0 Å². The van der Waals surface area contributed by atoms with Crippen LogP contribution in [0.15, 0.2) is 48.8 Å². The van der Waals surface area contributed by atoms with Gasteiger partial charge >= 0.3 is 0 Å². The van der Waals surface area contributed by atoms with Gasteiger partial charge in [-0.15, -0.1) is 0 Å². The molecule has 0 aliphatic carbocycles. The van der Waals surface area contributed by atoms with Gasteiger partial charge in [-0.25, -0.2) is 0 Å². The van der Waals surface area contributed by atoms with E-state index in [1.807, 2.05) is 43.6 Å². The average molecular weight is 282 g/mol. The molecule has 0 radical (unpaired) electrons. The van der Waals surface area contributed by atoms with Crippen LogP contribution in [0.4, 0.5) is 11.4 Å². The molecule has 0 spiro atoms. The van der Waals surface area contributed by atoms with Crippen LogP contribution in [-0.2, 0) is 7.05 Å². The lowest BCUT2D eigenvalue weighted by Crippen LogP contribution is -2.10. The number of aryl methyl sites for hydroxylation is 1. The van der Waals surface area contributed by atoms with E-state index >= 15 is 0 Å². The highest BCUT2D eigenvalue weighted by Gasteiger charge is 2.08. The Bertz CT molecular complexity index is 791. The summed E-state index contributed by atoms with van der Waals surface area (Å²) < 4.78 is 1.76. The van der Waals surface area contributed by atoms with Crippen LogP contribution in [0.1, 0.15) is 5.56 Å². The lowest BCUT2D eigenvalue weighted by Gasteiger charge is -2.11. The summed E-state index contributed by atoms with van der Waals surface area (Å²) in [6.07, 6.45) is 3.71. The smallest absolute Gasteiger partial charge is 0.104 e. The maximum atomic E-state index is 5.78. The molecule has 5 heteroatoms. The number of aromatic nitrogens is 2. The molecule has 1 heterocycles. The molecule has 20 heavy (non-hydrogen) atoms. The molecule has 3 aromatic rings. The van der Waals surface area contributed by atoms with Crippen LogP contribution >= 0.6 is 12.2 Å². The predicted molar refractivity (Wildman–Crippen MR) is 86.3 cm³/mol. The van der Waals surface area contributed by atoms with Gasteiger partial charge in [-0.3, -0.25) is 4.68 Å². The summed E-state index contributed by atoms with van der Waals surface area (Å²) in [7, 11) is 1.89.